The van der Waals surface area contributed by atoms with Gasteiger partial charge in [0.2, 0.25) is 5.76 Å². The summed E-state index contributed by atoms with van der Waals surface area (Å²) >= 11 is 0. The smallest absolute Gasteiger partial charge is 0.410 e. The average Bonchev–Trinajstić information content (AvgIpc) is 3.73. The van der Waals surface area contributed by atoms with Crippen molar-refractivity contribution in [2.75, 3.05) is 47.8 Å². The van der Waals surface area contributed by atoms with E-state index in [-0.39, 0.29) is 36.1 Å². The topological polar surface area (TPSA) is 104 Å². The highest BCUT2D eigenvalue weighted by Crippen LogP contribution is 2.36. The van der Waals surface area contributed by atoms with E-state index >= 15 is 4.39 Å². The number of aromatic nitrogens is 2. The number of alkyl halides is 1. The van der Waals surface area contributed by atoms with Gasteiger partial charge in [0.1, 0.15) is 17.6 Å². The fourth-order valence-electron chi connectivity index (χ4n) is 6.15. The van der Waals surface area contributed by atoms with Crippen LogP contribution in [0.25, 0.3) is 0 Å². The minimum absolute atomic E-state index is 0.0239. The zero-order chi connectivity index (χ0) is 30.7. The van der Waals surface area contributed by atoms with Gasteiger partial charge in [-0.1, -0.05) is 30.3 Å². The molecule has 1 atom stereocenters. The normalized spacial score (nSPS) is 18.5. The molecule has 3 aromatic rings. The number of rotatable bonds is 8. The van der Waals surface area contributed by atoms with Crippen LogP contribution in [0.3, 0.4) is 0 Å². The van der Waals surface area contributed by atoms with Crippen molar-refractivity contribution in [2.45, 2.75) is 63.8 Å². The molecule has 232 valence electrons. The highest BCUT2D eigenvalue weighted by molar-refractivity contribution is 6.03. The van der Waals surface area contributed by atoms with Crippen molar-refractivity contribution in [1.29, 1.82) is 0 Å². The van der Waals surface area contributed by atoms with Gasteiger partial charge in [0, 0.05) is 45.7 Å². The molecule has 0 radical (unpaired) electrons. The number of pyridine rings is 1. The van der Waals surface area contributed by atoms with Crippen LogP contribution in [-0.4, -0.2) is 65.7 Å². The van der Waals surface area contributed by atoms with Gasteiger partial charge in [0.25, 0.3) is 11.9 Å². The van der Waals surface area contributed by atoms with Crippen LogP contribution < -0.4 is 15.1 Å². The summed E-state index contributed by atoms with van der Waals surface area (Å²) < 4.78 is 27.4. The second kappa shape index (κ2) is 12.7. The lowest BCUT2D eigenvalue weighted by molar-refractivity contribution is 0.0638. The van der Waals surface area contributed by atoms with Crippen LogP contribution >= 0.6 is 0 Å². The van der Waals surface area contributed by atoms with Gasteiger partial charge in [0.05, 0.1) is 11.9 Å². The molecule has 44 heavy (non-hydrogen) atoms. The molecule has 1 saturated heterocycles. The van der Waals surface area contributed by atoms with Gasteiger partial charge in [-0.3, -0.25) is 4.79 Å². The molecular formula is C33H39FN6O4. The Labute approximate surface area is 256 Å². The van der Waals surface area contributed by atoms with Gasteiger partial charge in [-0.25, -0.2) is 14.2 Å². The van der Waals surface area contributed by atoms with Crippen LogP contribution in [-0.2, 0) is 23.4 Å². The Morgan fingerprint density at radius 3 is 2.55 bits per heavy atom. The minimum atomic E-state index is -1.95. The minimum Gasteiger partial charge on any atom is -0.446 e. The Morgan fingerprint density at radius 1 is 1.09 bits per heavy atom. The lowest BCUT2D eigenvalue weighted by Crippen LogP contribution is -2.49. The van der Waals surface area contributed by atoms with Gasteiger partial charge in [-0.15, -0.1) is 6.58 Å². The molecule has 2 amide bonds. The van der Waals surface area contributed by atoms with Crippen molar-refractivity contribution >= 4 is 29.5 Å². The molecule has 3 aliphatic rings. The quantitative estimate of drug-likeness (QED) is 0.321. The number of hydrogen-bond acceptors (Lipinski definition) is 8. The number of carbonyl (C=O) groups is 2. The van der Waals surface area contributed by atoms with E-state index in [2.05, 4.69) is 38.9 Å². The Balaban J connectivity index is 1.11. The van der Waals surface area contributed by atoms with Crippen LogP contribution in [0, 0.1) is 0 Å². The summed E-state index contributed by atoms with van der Waals surface area (Å²) in [6, 6.07) is 11.9. The number of nitrogens with zero attached hydrogens (tertiary/aromatic N) is 5. The number of nitrogens with one attached hydrogen (secondary N) is 1. The molecule has 2 aliphatic heterocycles. The number of oxazole rings is 1. The molecule has 11 heteroatoms. The first-order valence-electron chi connectivity index (χ1n) is 15.4. The largest absolute Gasteiger partial charge is 0.446 e. The highest BCUT2D eigenvalue weighted by atomic mass is 19.1. The van der Waals surface area contributed by atoms with Crippen LogP contribution in [0.4, 0.5) is 26.7 Å². The van der Waals surface area contributed by atoms with Gasteiger partial charge in [-0.05, 0) is 62.3 Å². The maximum atomic E-state index is 15.8. The third-order valence-electron chi connectivity index (χ3n) is 8.68. The van der Waals surface area contributed by atoms with Crippen molar-refractivity contribution in [3.63, 3.8) is 0 Å². The predicted octanol–water partition coefficient (Wildman–Crippen LogP) is 5.85. The van der Waals surface area contributed by atoms with Gasteiger partial charge < -0.3 is 29.2 Å². The Hall–Kier alpha value is -4.41. The fourth-order valence-corrected chi connectivity index (χ4v) is 6.15. The molecule has 2 aromatic heterocycles. The second-order valence-electron chi connectivity index (χ2n) is 11.9. The number of ether oxygens (including phenoxy) is 1. The van der Waals surface area contributed by atoms with Crippen LogP contribution in [0.2, 0.25) is 0 Å². The number of anilines is 3. The number of piperazine rings is 1. The van der Waals surface area contributed by atoms with Gasteiger partial charge >= 0.3 is 6.09 Å². The van der Waals surface area contributed by atoms with Crippen molar-refractivity contribution in [3.8, 4) is 0 Å². The summed E-state index contributed by atoms with van der Waals surface area (Å²) in [5, 5.41) is 2.80. The van der Waals surface area contributed by atoms with Gasteiger partial charge in [-0.2, -0.15) is 4.98 Å². The molecule has 6 rings (SSSR count). The number of carbonyl (C=O) groups excluding carboxylic acids is 2. The second-order valence-corrected chi connectivity index (χ2v) is 11.9. The number of benzene rings is 1. The van der Waals surface area contributed by atoms with E-state index in [1.54, 1.807) is 17.2 Å². The monoisotopic (exact) mass is 602 g/mol. The molecule has 1 N–H and O–H groups in total. The number of amides is 2. The van der Waals surface area contributed by atoms with Gasteiger partial charge in [0.15, 0.2) is 5.67 Å². The predicted molar refractivity (Wildman–Crippen MR) is 166 cm³/mol. The van der Waals surface area contributed by atoms with E-state index in [9.17, 15) is 9.59 Å². The summed E-state index contributed by atoms with van der Waals surface area (Å²) in [7, 11) is 0. The summed E-state index contributed by atoms with van der Waals surface area (Å²) in [5.74, 6) is -0.0365. The lowest BCUT2D eigenvalue weighted by Gasteiger charge is -2.35. The lowest BCUT2D eigenvalue weighted by atomic mass is 9.98. The maximum absolute atomic E-state index is 15.8. The molecule has 0 bridgehead atoms. The summed E-state index contributed by atoms with van der Waals surface area (Å²) in [6.45, 7) is 8.61. The van der Waals surface area contributed by atoms with E-state index in [0.717, 1.165) is 43.5 Å². The number of hydrogen-bond donors (Lipinski definition) is 1. The van der Waals surface area contributed by atoms with Crippen LogP contribution in [0.15, 0.2) is 59.7 Å². The molecule has 2 fully saturated rings. The summed E-state index contributed by atoms with van der Waals surface area (Å²) in [5.41, 5.74) is 0.845. The van der Waals surface area contributed by atoms with Crippen LogP contribution in [0.1, 0.15) is 66.4 Å². The standard InChI is InChI=1S/C33H39FN6O4/c1-3-15-33(2,34)29-28(44-31(37-29)40-16-14-23-8-4-5-9-24(23)22-40)30(41)36-25-12-13-27(35-21-25)38-17-19-39(20-18-38)32(42)43-26-10-6-7-11-26/h3-5,8-9,12-13,21,26H,1,6-7,10-11,14-20,22H2,2H3,(H,36,41). The zero-order valence-electron chi connectivity index (χ0n) is 25.1. The molecule has 1 saturated carbocycles. The van der Waals surface area contributed by atoms with Crippen molar-refractivity contribution in [3.05, 3.63) is 77.8 Å². The third kappa shape index (κ3) is 6.41. The maximum Gasteiger partial charge on any atom is 0.410 e. The third-order valence-corrected chi connectivity index (χ3v) is 8.68. The Morgan fingerprint density at radius 2 is 1.84 bits per heavy atom. The first-order valence-corrected chi connectivity index (χ1v) is 15.4. The first-order chi connectivity index (χ1) is 21.3. The number of halogens is 1. The Kier molecular flexibility index (Phi) is 8.54. The average molecular weight is 603 g/mol. The molecular weight excluding hydrogens is 563 g/mol. The first kappa shape index (κ1) is 29.7. The fraction of sp³-hybridized carbons (Fsp3) is 0.455. The zero-order valence-corrected chi connectivity index (χ0v) is 25.1. The van der Waals surface area contributed by atoms with E-state index in [1.807, 2.05) is 23.1 Å². The van der Waals surface area contributed by atoms with Crippen molar-refractivity contribution in [2.24, 2.45) is 0 Å². The van der Waals surface area contributed by atoms with E-state index < -0.39 is 11.6 Å². The number of allylic oxidation sites excluding steroid dienone is 1. The van der Waals surface area contributed by atoms with Crippen molar-refractivity contribution in [1.82, 2.24) is 14.9 Å². The molecule has 1 aromatic carbocycles. The molecule has 1 unspecified atom stereocenters. The van der Waals surface area contributed by atoms with E-state index in [4.69, 9.17) is 9.15 Å². The molecule has 1 aliphatic carbocycles. The molecule has 10 nitrogen and oxygen atoms in total. The summed E-state index contributed by atoms with van der Waals surface area (Å²) in [6.07, 6.45) is 7.75. The van der Waals surface area contributed by atoms with E-state index in [1.165, 1.54) is 18.6 Å². The van der Waals surface area contributed by atoms with Crippen molar-refractivity contribution < 1.29 is 23.1 Å². The molecule has 4 heterocycles. The highest BCUT2D eigenvalue weighted by Gasteiger charge is 2.37. The Bertz CT molecular complexity index is 1490. The number of fused-ring (bicyclic) bond motifs is 1. The SMILES string of the molecule is C=CCC(C)(F)c1nc(N2CCc3ccccc3C2)oc1C(=O)Nc1ccc(N2CCN(C(=O)OC3CCCC3)CC2)nc1. The van der Waals surface area contributed by atoms with Crippen LogP contribution in [0.5, 0.6) is 0 Å². The molecule has 0 spiro atoms. The van der Waals surface area contributed by atoms with E-state index in [0.29, 0.717) is 45.0 Å². The summed E-state index contributed by atoms with van der Waals surface area (Å²) in [4.78, 5) is 40.8.